The highest BCUT2D eigenvalue weighted by Crippen LogP contribution is 2.27. The molecule has 0 aliphatic heterocycles. The van der Waals surface area contributed by atoms with Gasteiger partial charge in [0.15, 0.2) is 0 Å². The van der Waals surface area contributed by atoms with Gasteiger partial charge in [-0.3, -0.25) is 0 Å². The first kappa shape index (κ1) is 15.7. The molecule has 21 heavy (non-hydrogen) atoms. The van der Waals surface area contributed by atoms with Crippen molar-refractivity contribution in [3.63, 3.8) is 0 Å². The Morgan fingerprint density at radius 1 is 1.33 bits per heavy atom. The van der Waals surface area contributed by atoms with Crippen LogP contribution < -0.4 is 10.6 Å². The van der Waals surface area contributed by atoms with Crippen molar-refractivity contribution in [3.8, 4) is 6.07 Å². The second-order valence-corrected chi connectivity index (χ2v) is 6.01. The van der Waals surface area contributed by atoms with Crippen LogP contribution in [0.25, 0.3) is 0 Å². The Labute approximate surface area is 140 Å². The summed E-state index contributed by atoms with van der Waals surface area (Å²) in [6, 6.07) is 7.62. The number of hydrogen-bond acceptors (Lipinski definition) is 5. The van der Waals surface area contributed by atoms with Crippen LogP contribution in [0, 0.1) is 11.3 Å². The van der Waals surface area contributed by atoms with Crippen molar-refractivity contribution in [1.29, 1.82) is 5.26 Å². The zero-order valence-electron chi connectivity index (χ0n) is 11.3. The van der Waals surface area contributed by atoms with Gasteiger partial charge in [0.2, 0.25) is 5.95 Å². The molecule has 5 nitrogen and oxygen atoms in total. The van der Waals surface area contributed by atoms with E-state index in [0.717, 1.165) is 21.9 Å². The van der Waals surface area contributed by atoms with Crippen molar-refractivity contribution in [2.75, 3.05) is 17.2 Å². The van der Waals surface area contributed by atoms with Crippen LogP contribution in [0.3, 0.4) is 0 Å². The molecule has 0 atom stereocenters. The first-order valence-electron chi connectivity index (χ1n) is 6.37. The van der Waals surface area contributed by atoms with Gasteiger partial charge in [-0.05, 0) is 40.5 Å². The fourth-order valence-corrected chi connectivity index (χ4v) is 2.27. The molecule has 0 bridgehead atoms. The van der Waals surface area contributed by atoms with E-state index in [1.54, 1.807) is 12.3 Å². The first-order chi connectivity index (χ1) is 10.1. The molecule has 7 heteroatoms. The van der Waals surface area contributed by atoms with Crippen molar-refractivity contribution >= 4 is 49.3 Å². The molecular weight excluding hydrogens is 398 g/mol. The quantitative estimate of drug-likeness (QED) is 0.762. The fourth-order valence-electron chi connectivity index (χ4n) is 1.62. The molecule has 2 aromatic rings. The summed E-state index contributed by atoms with van der Waals surface area (Å²) < 4.78 is 1.59. The van der Waals surface area contributed by atoms with E-state index in [0.29, 0.717) is 23.0 Å². The Bertz CT molecular complexity index is 682. The predicted octanol–water partition coefficient (Wildman–Crippen LogP) is 4.44. The van der Waals surface area contributed by atoms with Gasteiger partial charge in [-0.1, -0.05) is 22.9 Å². The maximum atomic E-state index is 9.19. The van der Waals surface area contributed by atoms with Gasteiger partial charge in [0, 0.05) is 17.2 Å². The number of halogens is 2. The summed E-state index contributed by atoms with van der Waals surface area (Å²) >= 11 is 6.76. The van der Waals surface area contributed by atoms with E-state index >= 15 is 0 Å². The molecule has 0 saturated carbocycles. The number of benzene rings is 1. The zero-order chi connectivity index (χ0) is 15.2. The Kier molecular flexibility index (Phi) is 5.53. The summed E-state index contributed by atoms with van der Waals surface area (Å²) in [6.07, 6.45) is 2.67. The smallest absolute Gasteiger partial charge is 0.224 e. The summed E-state index contributed by atoms with van der Waals surface area (Å²) in [5, 5.41) is 15.5. The number of nitrogens with zero attached hydrogens (tertiary/aromatic N) is 3. The first-order valence-corrected chi connectivity index (χ1v) is 7.95. The minimum absolute atomic E-state index is 0.540. The maximum absolute atomic E-state index is 9.19. The van der Waals surface area contributed by atoms with Gasteiger partial charge in [0.25, 0.3) is 0 Å². The van der Waals surface area contributed by atoms with Crippen molar-refractivity contribution in [2.24, 2.45) is 0 Å². The topological polar surface area (TPSA) is 73.6 Å². The lowest BCUT2D eigenvalue weighted by Crippen LogP contribution is -2.06. The summed E-state index contributed by atoms with van der Waals surface area (Å²) in [6.45, 7) is 2.88. The zero-order valence-corrected chi connectivity index (χ0v) is 14.5. The molecule has 0 saturated heterocycles. The van der Waals surface area contributed by atoms with Crippen molar-refractivity contribution in [1.82, 2.24) is 9.97 Å². The molecular formula is C14H13Br2N5. The number of rotatable bonds is 5. The van der Waals surface area contributed by atoms with Crippen molar-refractivity contribution < 1.29 is 0 Å². The van der Waals surface area contributed by atoms with Crippen LogP contribution in [0.2, 0.25) is 0 Å². The van der Waals surface area contributed by atoms with Crippen LogP contribution in [0.4, 0.5) is 17.5 Å². The normalized spacial score (nSPS) is 10.0. The predicted molar refractivity (Wildman–Crippen MR) is 90.7 cm³/mol. The van der Waals surface area contributed by atoms with E-state index in [1.807, 2.05) is 12.1 Å². The molecule has 0 unspecified atom stereocenters. The van der Waals surface area contributed by atoms with Gasteiger partial charge < -0.3 is 10.6 Å². The van der Waals surface area contributed by atoms with E-state index < -0.39 is 0 Å². The highest BCUT2D eigenvalue weighted by Gasteiger charge is 2.08. The van der Waals surface area contributed by atoms with E-state index in [-0.39, 0.29) is 0 Å². The molecule has 2 rings (SSSR count). The van der Waals surface area contributed by atoms with E-state index in [4.69, 9.17) is 0 Å². The summed E-state index contributed by atoms with van der Waals surface area (Å²) in [5.41, 5.74) is 1.24. The van der Waals surface area contributed by atoms with Crippen LogP contribution in [0.15, 0.2) is 33.3 Å². The lowest BCUT2D eigenvalue weighted by Gasteiger charge is -2.11. The van der Waals surface area contributed by atoms with Gasteiger partial charge >= 0.3 is 0 Å². The van der Waals surface area contributed by atoms with Crippen LogP contribution in [-0.2, 0) is 0 Å². The third-order valence-electron chi connectivity index (χ3n) is 2.63. The van der Waals surface area contributed by atoms with Crippen LogP contribution in [0.5, 0.6) is 0 Å². The number of nitrogens with one attached hydrogen (secondary N) is 2. The van der Waals surface area contributed by atoms with E-state index in [1.165, 1.54) is 0 Å². The molecule has 0 radical (unpaired) electrons. The SMILES string of the molecule is CCCNc1ncc(Br)c(Nc2ccc(Br)cc2C#N)n1. The third kappa shape index (κ3) is 4.16. The molecule has 2 N–H and O–H groups in total. The van der Waals surface area contributed by atoms with Gasteiger partial charge in [0.1, 0.15) is 11.9 Å². The largest absolute Gasteiger partial charge is 0.354 e. The lowest BCUT2D eigenvalue weighted by molar-refractivity contribution is 0.952. The van der Waals surface area contributed by atoms with Crippen LogP contribution >= 0.6 is 31.9 Å². The third-order valence-corrected chi connectivity index (χ3v) is 3.71. The standard InChI is InChI=1S/C14H13Br2N5/c1-2-5-18-14-19-8-11(16)13(21-14)20-12-4-3-10(15)6-9(12)7-17/h3-4,6,8H,2,5H2,1H3,(H2,18,19,20,21). The molecule has 108 valence electrons. The Morgan fingerprint density at radius 2 is 2.14 bits per heavy atom. The van der Waals surface area contributed by atoms with Crippen LogP contribution in [0.1, 0.15) is 18.9 Å². The van der Waals surface area contributed by atoms with Crippen LogP contribution in [-0.4, -0.2) is 16.5 Å². The van der Waals surface area contributed by atoms with Crippen molar-refractivity contribution in [2.45, 2.75) is 13.3 Å². The Balaban J connectivity index is 2.29. The number of nitriles is 1. The summed E-state index contributed by atoms with van der Waals surface area (Å²) in [7, 11) is 0. The van der Waals surface area contributed by atoms with E-state index in [9.17, 15) is 5.26 Å². The molecule has 0 aliphatic rings. The second kappa shape index (κ2) is 7.38. The Hall–Kier alpha value is -1.65. The number of aromatic nitrogens is 2. The molecule has 1 heterocycles. The minimum atomic E-state index is 0.540. The number of hydrogen-bond donors (Lipinski definition) is 2. The maximum Gasteiger partial charge on any atom is 0.224 e. The molecule has 1 aromatic carbocycles. The minimum Gasteiger partial charge on any atom is -0.354 e. The average Bonchev–Trinajstić information content (AvgIpc) is 2.49. The molecule has 1 aromatic heterocycles. The van der Waals surface area contributed by atoms with Gasteiger partial charge in [0.05, 0.1) is 15.7 Å². The summed E-state index contributed by atoms with van der Waals surface area (Å²) in [5.74, 6) is 1.17. The van der Waals surface area contributed by atoms with E-state index in [2.05, 4.69) is 65.5 Å². The molecule has 0 fully saturated rings. The summed E-state index contributed by atoms with van der Waals surface area (Å²) in [4.78, 5) is 8.59. The Morgan fingerprint density at radius 3 is 2.86 bits per heavy atom. The fraction of sp³-hybridized carbons (Fsp3) is 0.214. The molecule has 0 spiro atoms. The monoisotopic (exact) mass is 409 g/mol. The average molecular weight is 411 g/mol. The van der Waals surface area contributed by atoms with Gasteiger partial charge in [-0.2, -0.15) is 10.2 Å². The lowest BCUT2D eigenvalue weighted by atomic mass is 10.2. The highest BCUT2D eigenvalue weighted by molar-refractivity contribution is 9.10. The molecule has 0 amide bonds. The molecule has 0 aliphatic carbocycles. The van der Waals surface area contributed by atoms with Gasteiger partial charge in [-0.15, -0.1) is 0 Å². The number of anilines is 3. The van der Waals surface area contributed by atoms with Crippen molar-refractivity contribution in [3.05, 3.63) is 38.9 Å². The highest BCUT2D eigenvalue weighted by atomic mass is 79.9. The van der Waals surface area contributed by atoms with Gasteiger partial charge in [-0.25, -0.2) is 4.98 Å². The second-order valence-electron chi connectivity index (χ2n) is 4.24.